The summed E-state index contributed by atoms with van der Waals surface area (Å²) in [4.78, 5) is 0. The summed E-state index contributed by atoms with van der Waals surface area (Å²) in [6.07, 6.45) is 6.76. The Morgan fingerprint density at radius 3 is 2.36 bits per heavy atom. The summed E-state index contributed by atoms with van der Waals surface area (Å²) in [6, 6.07) is 0. The smallest absolute Gasteiger partial charge is 0.000472 e. The van der Waals surface area contributed by atoms with Gasteiger partial charge in [0.2, 0.25) is 0 Å². The molecule has 0 heterocycles. The molecule has 0 rings (SSSR count). The highest BCUT2D eigenvalue weighted by Crippen LogP contribution is 1.97. The molecule has 0 bridgehead atoms. The van der Waals surface area contributed by atoms with E-state index < -0.39 is 0 Å². The van der Waals surface area contributed by atoms with Crippen molar-refractivity contribution in [3.05, 3.63) is 0 Å². The van der Waals surface area contributed by atoms with E-state index in [0.29, 0.717) is 0 Å². The van der Waals surface area contributed by atoms with Gasteiger partial charge in [0.25, 0.3) is 0 Å². The first kappa shape index (κ1) is 11.7. The number of nitrogens with one attached hydrogen (secondary N) is 1. The number of rotatable bonds is 8. The van der Waals surface area contributed by atoms with Crippen molar-refractivity contribution in [2.45, 2.75) is 39.0 Å². The van der Waals surface area contributed by atoms with Gasteiger partial charge in [-0.05, 0) is 36.8 Å². The highest BCUT2D eigenvalue weighted by atomic mass is 127. The molecule has 0 aliphatic rings. The van der Waals surface area contributed by atoms with Gasteiger partial charge in [0.05, 0.1) is 0 Å². The van der Waals surface area contributed by atoms with E-state index in [-0.39, 0.29) is 0 Å². The quantitative estimate of drug-likeness (QED) is 0.406. The van der Waals surface area contributed by atoms with Crippen molar-refractivity contribution in [1.82, 2.24) is 5.32 Å². The molecule has 68 valence electrons. The van der Waals surface area contributed by atoms with Crippen LogP contribution in [0.3, 0.4) is 0 Å². The van der Waals surface area contributed by atoms with Crippen LogP contribution in [-0.2, 0) is 0 Å². The Labute approximate surface area is 84.5 Å². The number of unbranched alkanes of at least 4 members (excludes halogenated alkanes) is 3. The first-order chi connectivity index (χ1) is 5.41. The molecule has 0 saturated heterocycles. The fraction of sp³-hybridized carbons (Fsp3) is 1.00. The Hall–Kier alpha value is 0.690. The predicted molar refractivity (Wildman–Crippen MR) is 60.5 cm³/mol. The lowest BCUT2D eigenvalue weighted by atomic mass is 10.2. The lowest BCUT2D eigenvalue weighted by Gasteiger charge is -2.01. The Bertz CT molecular complexity index is 58.6. The molecule has 0 aromatic carbocycles. The highest BCUT2D eigenvalue weighted by Gasteiger charge is 1.87. The van der Waals surface area contributed by atoms with E-state index in [4.69, 9.17) is 0 Å². The summed E-state index contributed by atoms with van der Waals surface area (Å²) in [5, 5.41) is 3.44. The van der Waals surface area contributed by atoms with Crippen molar-refractivity contribution in [3.8, 4) is 0 Å². The molecule has 0 aliphatic carbocycles. The van der Waals surface area contributed by atoms with E-state index in [0.717, 1.165) is 0 Å². The molecule has 0 aliphatic heterocycles. The van der Waals surface area contributed by atoms with Crippen LogP contribution in [0.25, 0.3) is 0 Å². The summed E-state index contributed by atoms with van der Waals surface area (Å²) in [6.45, 7) is 4.66. The Kier molecular flexibility index (Phi) is 11.4. The van der Waals surface area contributed by atoms with E-state index >= 15 is 0 Å². The molecule has 0 fully saturated rings. The summed E-state index contributed by atoms with van der Waals surface area (Å²) >= 11 is 2.44. The van der Waals surface area contributed by atoms with Crippen molar-refractivity contribution in [2.24, 2.45) is 0 Å². The number of hydrogen-bond acceptors (Lipinski definition) is 1. The molecule has 2 heteroatoms. The van der Waals surface area contributed by atoms with Crippen LogP contribution in [0.2, 0.25) is 0 Å². The topological polar surface area (TPSA) is 12.0 Å². The van der Waals surface area contributed by atoms with Crippen molar-refractivity contribution < 1.29 is 0 Å². The van der Waals surface area contributed by atoms with E-state index in [2.05, 4.69) is 34.8 Å². The van der Waals surface area contributed by atoms with Gasteiger partial charge in [0.15, 0.2) is 0 Å². The maximum absolute atomic E-state index is 3.44. The molecule has 1 nitrogen and oxygen atoms in total. The third kappa shape index (κ3) is 10.7. The fourth-order valence-corrected chi connectivity index (χ4v) is 1.49. The van der Waals surface area contributed by atoms with Crippen LogP contribution >= 0.6 is 22.6 Å². The van der Waals surface area contributed by atoms with Gasteiger partial charge in [0.1, 0.15) is 0 Å². The second kappa shape index (κ2) is 10.7. The molecule has 0 spiro atoms. The molecule has 0 radical (unpaired) electrons. The normalized spacial score (nSPS) is 10.4. The molecule has 0 aromatic rings. The van der Waals surface area contributed by atoms with Gasteiger partial charge >= 0.3 is 0 Å². The van der Waals surface area contributed by atoms with E-state index in [1.165, 1.54) is 49.6 Å². The van der Waals surface area contributed by atoms with Crippen molar-refractivity contribution in [1.29, 1.82) is 0 Å². The Morgan fingerprint density at radius 1 is 1.00 bits per heavy atom. The number of hydrogen-bond donors (Lipinski definition) is 1. The van der Waals surface area contributed by atoms with E-state index in [1.54, 1.807) is 0 Å². The van der Waals surface area contributed by atoms with Crippen LogP contribution in [0.1, 0.15) is 39.0 Å². The fourth-order valence-electron chi connectivity index (χ4n) is 0.948. The zero-order valence-corrected chi connectivity index (χ0v) is 9.69. The largest absolute Gasteiger partial charge is 0.317 e. The van der Waals surface area contributed by atoms with Gasteiger partial charge in [-0.2, -0.15) is 0 Å². The van der Waals surface area contributed by atoms with Crippen LogP contribution in [-0.4, -0.2) is 17.5 Å². The van der Waals surface area contributed by atoms with Gasteiger partial charge in [0, 0.05) is 0 Å². The minimum atomic E-state index is 1.21. The van der Waals surface area contributed by atoms with Gasteiger partial charge in [-0.3, -0.25) is 0 Å². The minimum Gasteiger partial charge on any atom is -0.317 e. The minimum absolute atomic E-state index is 1.21. The molecule has 0 aromatic heterocycles. The molecule has 0 unspecified atom stereocenters. The van der Waals surface area contributed by atoms with Gasteiger partial charge in [-0.1, -0.05) is 42.4 Å². The first-order valence-electron chi connectivity index (χ1n) is 4.68. The maximum atomic E-state index is 3.44. The van der Waals surface area contributed by atoms with E-state index in [1.807, 2.05) is 0 Å². The second-order valence-corrected chi connectivity index (χ2v) is 3.93. The standard InChI is InChI=1S/C9H20IN/c1-2-3-8-11-9-6-4-5-7-10/h11H,2-9H2,1H3. The Morgan fingerprint density at radius 2 is 1.73 bits per heavy atom. The first-order valence-corrected chi connectivity index (χ1v) is 6.21. The average molecular weight is 269 g/mol. The molecular formula is C9H20IN. The van der Waals surface area contributed by atoms with Crippen molar-refractivity contribution >= 4 is 22.6 Å². The third-order valence-electron chi connectivity index (χ3n) is 1.69. The van der Waals surface area contributed by atoms with E-state index in [9.17, 15) is 0 Å². The molecular weight excluding hydrogens is 249 g/mol. The second-order valence-electron chi connectivity index (χ2n) is 2.85. The predicted octanol–water partition coefficient (Wildman–Crippen LogP) is 2.98. The Balaban J connectivity index is 2.69. The monoisotopic (exact) mass is 269 g/mol. The summed E-state index contributed by atoms with van der Waals surface area (Å²) < 4.78 is 1.31. The summed E-state index contributed by atoms with van der Waals surface area (Å²) in [7, 11) is 0. The van der Waals surface area contributed by atoms with Crippen LogP contribution < -0.4 is 5.32 Å². The zero-order valence-electron chi connectivity index (χ0n) is 7.53. The summed E-state index contributed by atoms with van der Waals surface area (Å²) in [5.41, 5.74) is 0. The van der Waals surface area contributed by atoms with Gasteiger partial charge < -0.3 is 5.32 Å². The third-order valence-corrected chi connectivity index (χ3v) is 2.46. The van der Waals surface area contributed by atoms with Crippen molar-refractivity contribution in [2.75, 3.05) is 17.5 Å². The van der Waals surface area contributed by atoms with Crippen LogP contribution in [0.4, 0.5) is 0 Å². The van der Waals surface area contributed by atoms with Gasteiger partial charge in [-0.15, -0.1) is 0 Å². The van der Waals surface area contributed by atoms with Crippen LogP contribution in [0.15, 0.2) is 0 Å². The van der Waals surface area contributed by atoms with Crippen molar-refractivity contribution in [3.63, 3.8) is 0 Å². The van der Waals surface area contributed by atoms with Crippen LogP contribution in [0, 0.1) is 0 Å². The zero-order chi connectivity index (χ0) is 8.36. The van der Waals surface area contributed by atoms with Gasteiger partial charge in [-0.25, -0.2) is 0 Å². The lowest BCUT2D eigenvalue weighted by molar-refractivity contribution is 0.597. The SMILES string of the molecule is CCCCNCCCCCI. The molecule has 0 atom stereocenters. The molecule has 11 heavy (non-hydrogen) atoms. The number of halogens is 1. The molecule has 1 N–H and O–H groups in total. The summed E-state index contributed by atoms with van der Waals surface area (Å²) in [5.74, 6) is 0. The molecule has 0 amide bonds. The maximum Gasteiger partial charge on any atom is -0.000472 e. The molecule has 0 saturated carbocycles. The highest BCUT2D eigenvalue weighted by molar-refractivity contribution is 14.1. The average Bonchev–Trinajstić information content (AvgIpc) is 2.03. The lowest BCUT2D eigenvalue weighted by Crippen LogP contribution is -2.16. The number of alkyl halides is 1. The van der Waals surface area contributed by atoms with Crippen LogP contribution in [0.5, 0.6) is 0 Å².